The summed E-state index contributed by atoms with van der Waals surface area (Å²) in [6, 6.07) is 17.4. The van der Waals surface area contributed by atoms with Crippen molar-refractivity contribution in [2.45, 2.75) is 19.8 Å². The number of carbonyl (C=O) groups excluding carboxylic acids is 1. The molecular formula is C23H22BrClN4O. The van der Waals surface area contributed by atoms with Crippen LogP contribution in [0.4, 0.5) is 11.5 Å². The molecule has 1 aliphatic heterocycles. The zero-order valence-electron chi connectivity index (χ0n) is 16.6. The molecular weight excluding hydrogens is 464 g/mol. The second-order valence-corrected chi connectivity index (χ2v) is 8.85. The van der Waals surface area contributed by atoms with Gasteiger partial charge >= 0.3 is 0 Å². The molecule has 1 N–H and O–H groups in total. The number of hydrogen-bond donors (Lipinski definition) is 1. The van der Waals surface area contributed by atoms with E-state index in [1.807, 2.05) is 61.5 Å². The van der Waals surface area contributed by atoms with Crippen LogP contribution >= 0.6 is 27.5 Å². The standard InChI is InChI=1S/C23H22BrClN4O/c1-15-14-18(24)4-7-20(15)26-23(30)17-10-12-29(13-11-17)22-9-8-21(27-28-22)16-2-5-19(25)6-3-16/h2-9,14,17H,10-13H2,1H3,(H,26,30). The number of anilines is 2. The number of nitrogens with one attached hydrogen (secondary N) is 1. The van der Waals surface area contributed by atoms with Gasteiger partial charge in [0.25, 0.3) is 0 Å². The van der Waals surface area contributed by atoms with E-state index >= 15 is 0 Å². The number of amides is 1. The molecule has 2 heterocycles. The molecule has 7 heteroatoms. The lowest BCUT2D eigenvalue weighted by Crippen LogP contribution is -2.38. The van der Waals surface area contributed by atoms with Crippen LogP contribution in [0.3, 0.4) is 0 Å². The van der Waals surface area contributed by atoms with Gasteiger partial charge in [0.1, 0.15) is 0 Å². The van der Waals surface area contributed by atoms with Gasteiger partial charge in [-0.1, -0.05) is 39.7 Å². The number of nitrogens with zero attached hydrogens (tertiary/aromatic N) is 3. The fourth-order valence-corrected chi connectivity index (χ4v) is 4.24. The first kappa shape index (κ1) is 20.8. The van der Waals surface area contributed by atoms with Gasteiger partial charge in [0.05, 0.1) is 5.69 Å². The molecule has 0 bridgehead atoms. The van der Waals surface area contributed by atoms with Crippen LogP contribution in [0.2, 0.25) is 5.02 Å². The second kappa shape index (κ2) is 9.14. The fraction of sp³-hybridized carbons (Fsp3) is 0.261. The fourth-order valence-electron chi connectivity index (χ4n) is 3.64. The van der Waals surface area contributed by atoms with Crippen LogP contribution in [0.25, 0.3) is 11.3 Å². The number of hydrogen-bond acceptors (Lipinski definition) is 4. The smallest absolute Gasteiger partial charge is 0.227 e. The van der Waals surface area contributed by atoms with Crippen LogP contribution in [0.1, 0.15) is 18.4 Å². The third-order valence-corrected chi connectivity index (χ3v) is 6.17. The van der Waals surface area contributed by atoms with Gasteiger partial charge in [0.2, 0.25) is 5.91 Å². The third kappa shape index (κ3) is 4.82. The first-order chi connectivity index (χ1) is 14.5. The summed E-state index contributed by atoms with van der Waals surface area (Å²) in [5, 5.41) is 12.5. The molecule has 1 amide bonds. The van der Waals surface area contributed by atoms with Crippen molar-refractivity contribution < 1.29 is 4.79 Å². The number of benzene rings is 2. The van der Waals surface area contributed by atoms with Crippen LogP contribution in [-0.2, 0) is 4.79 Å². The molecule has 2 aromatic carbocycles. The van der Waals surface area contributed by atoms with Crippen LogP contribution in [-0.4, -0.2) is 29.2 Å². The van der Waals surface area contributed by atoms with Crippen molar-refractivity contribution in [2.75, 3.05) is 23.3 Å². The minimum absolute atomic E-state index is 0.00518. The number of carbonyl (C=O) groups is 1. The SMILES string of the molecule is Cc1cc(Br)ccc1NC(=O)C1CCN(c2ccc(-c3ccc(Cl)cc3)nn2)CC1. The van der Waals surface area contributed by atoms with Gasteiger partial charge in [0.15, 0.2) is 5.82 Å². The predicted molar refractivity (Wildman–Crippen MR) is 125 cm³/mol. The van der Waals surface area contributed by atoms with E-state index in [9.17, 15) is 4.79 Å². The van der Waals surface area contributed by atoms with Crippen molar-refractivity contribution in [2.24, 2.45) is 5.92 Å². The number of aryl methyl sites for hydroxylation is 1. The molecule has 0 aliphatic carbocycles. The van der Waals surface area contributed by atoms with Crippen LogP contribution in [0, 0.1) is 12.8 Å². The number of rotatable bonds is 4. The Balaban J connectivity index is 1.34. The van der Waals surface area contributed by atoms with E-state index in [0.29, 0.717) is 5.02 Å². The quantitative estimate of drug-likeness (QED) is 0.513. The Morgan fingerprint density at radius 3 is 2.43 bits per heavy atom. The topological polar surface area (TPSA) is 58.1 Å². The van der Waals surface area contributed by atoms with Crippen molar-refractivity contribution in [1.82, 2.24) is 10.2 Å². The Morgan fingerprint density at radius 2 is 1.80 bits per heavy atom. The number of halogens is 2. The van der Waals surface area contributed by atoms with Crippen molar-refractivity contribution in [1.29, 1.82) is 0 Å². The number of aromatic nitrogens is 2. The molecule has 154 valence electrons. The molecule has 0 saturated carbocycles. The lowest BCUT2D eigenvalue weighted by molar-refractivity contribution is -0.120. The predicted octanol–water partition coefficient (Wildman–Crippen LogP) is 5.72. The van der Waals surface area contributed by atoms with Gasteiger partial charge in [0, 0.05) is 39.8 Å². The van der Waals surface area contributed by atoms with E-state index in [1.54, 1.807) is 0 Å². The Bertz CT molecular complexity index is 1030. The van der Waals surface area contributed by atoms with E-state index in [2.05, 4.69) is 36.3 Å². The minimum atomic E-state index is 0.00518. The Morgan fingerprint density at radius 1 is 1.07 bits per heavy atom. The second-order valence-electron chi connectivity index (χ2n) is 7.49. The molecule has 5 nitrogen and oxygen atoms in total. The summed E-state index contributed by atoms with van der Waals surface area (Å²) in [7, 11) is 0. The maximum absolute atomic E-state index is 12.7. The van der Waals surface area contributed by atoms with Gasteiger partial charge in [-0.25, -0.2) is 0 Å². The summed E-state index contributed by atoms with van der Waals surface area (Å²) >= 11 is 9.40. The van der Waals surface area contributed by atoms with E-state index < -0.39 is 0 Å². The van der Waals surface area contributed by atoms with Crippen molar-refractivity contribution in [3.05, 3.63) is 69.7 Å². The third-order valence-electron chi connectivity index (χ3n) is 5.43. The average molecular weight is 486 g/mol. The highest BCUT2D eigenvalue weighted by molar-refractivity contribution is 9.10. The van der Waals surface area contributed by atoms with Gasteiger partial charge in [-0.2, -0.15) is 0 Å². The largest absolute Gasteiger partial charge is 0.355 e. The van der Waals surface area contributed by atoms with E-state index in [-0.39, 0.29) is 11.8 Å². The van der Waals surface area contributed by atoms with Gasteiger partial charge < -0.3 is 10.2 Å². The lowest BCUT2D eigenvalue weighted by atomic mass is 9.95. The molecule has 1 aliphatic rings. The van der Waals surface area contributed by atoms with Crippen molar-refractivity contribution >= 4 is 44.9 Å². The zero-order chi connectivity index (χ0) is 21.1. The molecule has 0 atom stereocenters. The zero-order valence-corrected chi connectivity index (χ0v) is 18.9. The Hall–Kier alpha value is -2.44. The molecule has 4 rings (SSSR count). The highest BCUT2D eigenvalue weighted by Gasteiger charge is 2.26. The molecule has 1 fully saturated rings. The maximum Gasteiger partial charge on any atom is 0.227 e. The monoisotopic (exact) mass is 484 g/mol. The normalized spacial score (nSPS) is 14.6. The van der Waals surface area contributed by atoms with Gasteiger partial charge in [-0.3, -0.25) is 4.79 Å². The molecule has 30 heavy (non-hydrogen) atoms. The maximum atomic E-state index is 12.7. The highest BCUT2D eigenvalue weighted by Crippen LogP contribution is 2.26. The summed E-state index contributed by atoms with van der Waals surface area (Å²) in [4.78, 5) is 14.9. The summed E-state index contributed by atoms with van der Waals surface area (Å²) < 4.78 is 1.01. The Labute approximate surface area is 189 Å². The molecule has 0 unspecified atom stereocenters. The van der Waals surface area contributed by atoms with E-state index in [1.165, 1.54) is 0 Å². The average Bonchev–Trinajstić information content (AvgIpc) is 2.76. The van der Waals surface area contributed by atoms with Crippen molar-refractivity contribution in [3.63, 3.8) is 0 Å². The highest BCUT2D eigenvalue weighted by atomic mass is 79.9. The lowest BCUT2D eigenvalue weighted by Gasteiger charge is -2.32. The minimum Gasteiger partial charge on any atom is -0.355 e. The van der Waals surface area contributed by atoms with Crippen LogP contribution in [0.15, 0.2) is 59.1 Å². The summed E-state index contributed by atoms with van der Waals surface area (Å²) in [6.45, 7) is 3.56. The van der Waals surface area contributed by atoms with E-state index in [0.717, 1.165) is 58.7 Å². The van der Waals surface area contributed by atoms with Crippen LogP contribution in [0.5, 0.6) is 0 Å². The molecule has 1 saturated heterocycles. The summed E-state index contributed by atoms with van der Waals surface area (Å²) in [5.74, 6) is 0.935. The summed E-state index contributed by atoms with van der Waals surface area (Å²) in [5.41, 5.74) is 3.71. The van der Waals surface area contributed by atoms with Gasteiger partial charge in [-0.05, 0) is 67.8 Å². The van der Waals surface area contributed by atoms with Crippen molar-refractivity contribution in [3.8, 4) is 11.3 Å². The molecule has 0 radical (unpaired) electrons. The first-order valence-corrected chi connectivity index (χ1v) is 11.1. The summed E-state index contributed by atoms with van der Waals surface area (Å²) in [6.07, 6.45) is 1.59. The molecule has 0 spiro atoms. The molecule has 3 aromatic rings. The number of piperidine rings is 1. The molecule has 1 aromatic heterocycles. The first-order valence-electron chi connectivity index (χ1n) is 9.91. The van der Waals surface area contributed by atoms with Gasteiger partial charge in [-0.15, -0.1) is 10.2 Å². The van der Waals surface area contributed by atoms with Crippen LogP contribution < -0.4 is 10.2 Å². The Kier molecular flexibility index (Phi) is 6.35. The van der Waals surface area contributed by atoms with E-state index in [4.69, 9.17) is 11.6 Å².